The molecule has 0 aromatic heterocycles. The third-order valence-electron chi connectivity index (χ3n) is 4.04. The molecule has 0 saturated carbocycles. The Hall–Kier alpha value is -0.0400. The largest absolute Gasteiger partial charge is 0.311 e. The van der Waals surface area contributed by atoms with Crippen LogP contribution in [0.3, 0.4) is 0 Å². The molecule has 17 heavy (non-hydrogen) atoms. The molecule has 0 aromatic rings. The fourth-order valence-electron chi connectivity index (χ4n) is 2.01. The fraction of sp³-hybridized carbons (Fsp3) is 1.00. The highest BCUT2D eigenvalue weighted by molar-refractivity contribution is 4.92. The molecule has 0 heterocycles. The number of hydrogen-bond acceptors (Lipinski definition) is 1. The van der Waals surface area contributed by atoms with Gasteiger partial charge in [-0.3, -0.25) is 0 Å². The summed E-state index contributed by atoms with van der Waals surface area (Å²) in [4.78, 5) is 0. The van der Waals surface area contributed by atoms with Gasteiger partial charge in [0.1, 0.15) is 0 Å². The molecule has 0 aliphatic heterocycles. The molecule has 2 atom stereocenters. The van der Waals surface area contributed by atoms with Crippen LogP contribution in [-0.4, -0.2) is 12.1 Å². The van der Waals surface area contributed by atoms with E-state index in [1.165, 1.54) is 0 Å². The first kappa shape index (κ1) is 19.3. The molecule has 0 rings (SSSR count). The lowest BCUT2D eigenvalue weighted by atomic mass is 9.72. The Balaban J connectivity index is 0. The molecule has 0 amide bonds. The van der Waals surface area contributed by atoms with Crippen LogP contribution in [0.25, 0.3) is 0 Å². The summed E-state index contributed by atoms with van der Waals surface area (Å²) in [7, 11) is 0. The van der Waals surface area contributed by atoms with Gasteiger partial charge in [0.05, 0.1) is 0 Å². The molecule has 1 heteroatoms. The second-order valence-corrected chi connectivity index (χ2v) is 6.24. The Morgan fingerprint density at radius 3 is 1.53 bits per heavy atom. The van der Waals surface area contributed by atoms with Crippen molar-refractivity contribution in [3.8, 4) is 0 Å². The van der Waals surface area contributed by atoms with Gasteiger partial charge in [0.15, 0.2) is 0 Å². The summed E-state index contributed by atoms with van der Waals surface area (Å²) in [5.41, 5.74) is 0.262. The monoisotopic (exact) mass is 243 g/mol. The van der Waals surface area contributed by atoms with E-state index in [2.05, 4.69) is 60.7 Å². The van der Waals surface area contributed by atoms with E-state index in [4.69, 9.17) is 0 Å². The maximum absolute atomic E-state index is 3.78. The SMILES string of the molecule is CC.CC(C)CNC(C)(C(C)C)C(C)C(C)C. The van der Waals surface area contributed by atoms with E-state index < -0.39 is 0 Å². The highest BCUT2D eigenvalue weighted by Crippen LogP contribution is 2.31. The fourth-order valence-corrected chi connectivity index (χ4v) is 2.01. The summed E-state index contributed by atoms with van der Waals surface area (Å²) < 4.78 is 0. The van der Waals surface area contributed by atoms with Crippen LogP contribution in [0.5, 0.6) is 0 Å². The van der Waals surface area contributed by atoms with E-state index in [1.807, 2.05) is 13.8 Å². The van der Waals surface area contributed by atoms with E-state index in [9.17, 15) is 0 Å². The maximum Gasteiger partial charge on any atom is 0.0204 e. The van der Waals surface area contributed by atoms with Gasteiger partial charge in [-0.2, -0.15) is 0 Å². The normalized spacial score (nSPS) is 16.8. The van der Waals surface area contributed by atoms with E-state index in [0.717, 1.165) is 18.4 Å². The van der Waals surface area contributed by atoms with E-state index >= 15 is 0 Å². The van der Waals surface area contributed by atoms with Crippen LogP contribution in [0.4, 0.5) is 0 Å². The first-order valence-electron chi connectivity index (χ1n) is 7.46. The Bertz CT molecular complexity index is 172. The van der Waals surface area contributed by atoms with Crippen molar-refractivity contribution in [2.45, 2.75) is 74.8 Å². The molecule has 0 fully saturated rings. The van der Waals surface area contributed by atoms with Gasteiger partial charge in [-0.1, -0.05) is 62.3 Å². The highest BCUT2D eigenvalue weighted by atomic mass is 15.0. The molecule has 0 bridgehead atoms. The van der Waals surface area contributed by atoms with Crippen molar-refractivity contribution in [1.29, 1.82) is 0 Å². The van der Waals surface area contributed by atoms with Crippen LogP contribution in [0, 0.1) is 23.7 Å². The molecule has 0 saturated heterocycles. The van der Waals surface area contributed by atoms with Crippen molar-refractivity contribution in [3.05, 3.63) is 0 Å². The molecule has 0 radical (unpaired) electrons. The second kappa shape index (κ2) is 8.97. The van der Waals surface area contributed by atoms with Gasteiger partial charge in [-0.15, -0.1) is 0 Å². The molecule has 0 aliphatic rings. The first-order chi connectivity index (χ1) is 7.71. The molecule has 1 N–H and O–H groups in total. The first-order valence-corrected chi connectivity index (χ1v) is 7.46. The summed E-state index contributed by atoms with van der Waals surface area (Å²) in [5, 5.41) is 3.78. The molecule has 0 aliphatic carbocycles. The summed E-state index contributed by atoms with van der Waals surface area (Å²) >= 11 is 0. The van der Waals surface area contributed by atoms with Crippen LogP contribution < -0.4 is 5.32 Å². The lowest BCUT2D eigenvalue weighted by molar-refractivity contribution is 0.133. The van der Waals surface area contributed by atoms with E-state index in [0.29, 0.717) is 11.8 Å². The van der Waals surface area contributed by atoms with Crippen molar-refractivity contribution < 1.29 is 0 Å². The predicted molar refractivity (Wildman–Crippen MR) is 81.4 cm³/mol. The van der Waals surface area contributed by atoms with Crippen molar-refractivity contribution in [3.63, 3.8) is 0 Å². The van der Waals surface area contributed by atoms with Crippen molar-refractivity contribution in [1.82, 2.24) is 5.32 Å². The molecule has 1 nitrogen and oxygen atoms in total. The van der Waals surface area contributed by atoms with Gasteiger partial charge < -0.3 is 5.32 Å². The zero-order valence-electron chi connectivity index (χ0n) is 14.0. The van der Waals surface area contributed by atoms with Gasteiger partial charge in [-0.05, 0) is 37.1 Å². The summed E-state index contributed by atoms with van der Waals surface area (Å²) in [6.45, 7) is 23.7. The summed E-state index contributed by atoms with van der Waals surface area (Å²) in [6, 6.07) is 0. The van der Waals surface area contributed by atoms with Gasteiger partial charge in [0, 0.05) is 5.54 Å². The molecule has 2 unspecified atom stereocenters. The Labute approximate surface area is 111 Å². The number of hydrogen-bond donors (Lipinski definition) is 1. The molecular weight excluding hydrogens is 206 g/mol. The van der Waals surface area contributed by atoms with Gasteiger partial charge in [0.25, 0.3) is 0 Å². The smallest absolute Gasteiger partial charge is 0.0204 e. The van der Waals surface area contributed by atoms with Crippen LogP contribution in [0.15, 0.2) is 0 Å². The average molecular weight is 243 g/mol. The summed E-state index contributed by atoms with van der Waals surface area (Å²) in [5.74, 6) is 2.84. The topological polar surface area (TPSA) is 12.0 Å². The zero-order valence-corrected chi connectivity index (χ0v) is 14.0. The quantitative estimate of drug-likeness (QED) is 0.695. The van der Waals surface area contributed by atoms with Crippen LogP contribution in [-0.2, 0) is 0 Å². The van der Waals surface area contributed by atoms with Gasteiger partial charge >= 0.3 is 0 Å². The predicted octanol–water partition coefficient (Wildman–Crippen LogP) is 4.97. The van der Waals surface area contributed by atoms with Gasteiger partial charge in [0.2, 0.25) is 0 Å². The number of rotatable bonds is 6. The molecule has 106 valence electrons. The van der Waals surface area contributed by atoms with Crippen molar-refractivity contribution in [2.75, 3.05) is 6.54 Å². The Morgan fingerprint density at radius 2 is 1.29 bits per heavy atom. The minimum Gasteiger partial charge on any atom is -0.311 e. The lowest BCUT2D eigenvalue weighted by Gasteiger charge is -2.43. The maximum atomic E-state index is 3.78. The number of nitrogens with one attached hydrogen (secondary N) is 1. The third kappa shape index (κ3) is 6.45. The van der Waals surface area contributed by atoms with Crippen molar-refractivity contribution >= 4 is 0 Å². The van der Waals surface area contributed by atoms with E-state index in [-0.39, 0.29) is 5.54 Å². The lowest BCUT2D eigenvalue weighted by Crippen LogP contribution is -2.54. The summed E-state index contributed by atoms with van der Waals surface area (Å²) in [6.07, 6.45) is 0. The van der Waals surface area contributed by atoms with Crippen LogP contribution in [0.1, 0.15) is 69.2 Å². The molecule has 0 aromatic carbocycles. The second-order valence-electron chi connectivity index (χ2n) is 6.24. The molecular formula is C16H37N. The minimum atomic E-state index is 0.262. The Kier molecular flexibility index (Phi) is 10.2. The standard InChI is InChI=1S/C14H31N.C2H6/c1-10(2)9-15-14(8,12(5)6)13(7)11(3)4;1-2/h10-13,15H,9H2,1-8H3;1-2H3. The average Bonchev–Trinajstić information content (AvgIpc) is 2.27. The zero-order chi connectivity index (χ0) is 14.2. The van der Waals surface area contributed by atoms with Crippen LogP contribution in [0.2, 0.25) is 0 Å². The molecule has 0 spiro atoms. The minimum absolute atomic E-state index is 0.262. The Morgan fingerprint density at radius 1 is 0.882 bits per heavy atom. The van der Waals surface area contributed by atoms with Gasteiger partial charge in [-0.25, -0.2) is 0 Å². The third-order valence-corrected chi connectivity index (χ3v) is 4.04. The van der Waals surface area contributed by atoms with E-state index in [1.54, 1.807) is 0 Å². The van der Waals surface area contributed by atoms with Crippen LogP contribution >= 0.6 is 0 Å². The van der Waals surface area contributed by atoms with Crippen molar-refractivity contribution in [2.24, 2.45) is 23.7 Å². The highest BCUT2D eigenvalue weighted by Gasteiger charge is 2.35.